The number of rotatable bonds is 29. The predicted octanol–water partition coefficient (Wildman–Crippen LogP) is 7.98. The lowest BCUT2D eigenvalue weighted by molar-refractivity contribution is -0.124. The van der Waals surface area contributed by atoms with Gasteiger partial charge in [0.25, 0.3) is 0 Å². The molecule has 0 rings (SSSR count). The molecule has 0 aliphatic rings. The summed E-state index contributed by atoms with van der Waals surface area (Å²) in [4.78, 5) is 12.2. The molecule has 0 spiro atoms. The topological polar surface area (TPSA) is 89.8 Å². The first kappa shape index (κ1) is 36.4. The van der Waals surface area contributed by atoms with Crippen LogP contribution in [-0.2, 0) is 4.79 Å². The van der Waals surface area contributed by atoms with Gasteiger partial charge in [-0.2, -0.15) is 0 Å². The Hall–Kier alpha value is -0.650. The van der Waals surface area contributed by atoms with Crippen molar-refractivity contribution in [3.05, 3.63) is 0 Å². The highest BCUT2D eigenvalue weighted by Crippen LogP contribution is 2.15. The van der Waals surface area contributed by atoms with Gasteiger partial charge >= 0.3 is 0 Å². The van der Waals surface area contributed by atoms with E-state index in [4.69, 9.17) is 0 Å². The maximum absolute atomic E-state index is 12.2. The zero-order valence-electron chi connectivity index (χ0n) is 24.9. The summed E-state index contributed by atoms with van der Waals surface area (Å²) in [6, 6.07) is -0.798. The first-order chi connectivity index (χ1) is 18.1. The van der Waals surface area contributed by atoms with Gasteiger partial charge in [0.15, 0.2) is 0 Å². The summed E-state index contributed by atoms with van der Waals surface area (Å²) in [6.45, 7) is 4.13. The fourth-order valence-corrected chi connectivity index (χ4v) is 5.10. The molecule has 0 heterocycles. The molecule has 0 aromatic heterocycles. The lowest BCUT2D eigenvalue weighted by atomic mass is 9.99. The smallest absolute Gasteiger partial charge is 0.220 e. The van der Waals surface area contributed by atoms with Crippen molar-refractivity contribution in [1.82, 2.24) is 5.32 Å². The second-order valence-corrected chi connectivity index (χ2v) is 11.4. The summed E-state index contributed by atoms with van der Waals surface area (Å²) in [5.41, 5.74) is 0. The molecule has 5 nitrogen and oxygen atoms in total. The Kier molecular flexibility index (Phi) is 27.9. The fourth-order valence-electron chi connectivity index (χ4n) is 5.10. The van der Waals surface area contributed by atoms with E-state index in [9.17, 15) is 20.1 Å². The lowest BCUT2D eigenvalue weighted by Crippen LogP contribution is -2.50. The molecular formula is C32H65NO4. The van der Waals surface area contributed by atoms with Gasteiger partial charge in [0.05, 0.1) is 18.8 Å². The average molecular weight is 528 g/mol. The fraction of sp³-hybridized carbons (Fsp3) is 0.969. The number of aliphatic hydroxyl groups excluding tert-OH is 3. The second-order valence-electron chi connectivity index (χ2n) is 11.4. The minimum Gasteiger partial charge on any atom is -0.394 e. The molecule has 0 aromatic rings. The van der Waals surface area contributed by atoms with Crippen molar-refractivity contribution in [2.75, 3.05) is 6.61 Å². The van der Waals surface area contributed by atoms with E-state index in [1.165, 1.54) is 116 Å². The van der Waals surface area contributed by atoms with Crippen LogP contribution in [-0.4, -0.2) is 46.1 Å². The van der Waals surface area contributed by atoms with Crippen LogP contribution in [0.3, 0.4) is 0 Å². The summed E-state index contributed by atoms with van der Waals surface area (Å²) in [5.74, 6) is -0.148. The van der Waals surface area contributed by atoms with Gasteiger partial charge in [0.1, 0.15) is 6.10 Å². The third kappa shape index (κ3) is 24.1. The van der Waals surface area contributed by atoms with E-state index in [1.54, 1.807) is 0 Å². The number of hydrogen-bond donors (Lipinski definition) is 4. The Labute approximate surface area is 230 Å². The maximum Gasteiger partial charge on any atom is 0.220 e. The zero-order chi connectivity index (χ0) is 27.4. The minimum absolute atomic E-state index is 0.148. The first-order valence-electron chi connectivity index (χ1n) is 16.3. The molecule has 0 unspecified atom stereocenters. The van der Waals surface area contributed by atoms with Gasteiger partial charge in [-0.25, -0.2) is 0 Å². The summed E-state index contributed by atoms with van der Waals surface area (Å²) < 4.78 is 0. The number of amides is 1. The molecule has 0 aliphatic heterocycles. The van der Waals surface area contributed by atoms with Gasteiger partial charge in [-0.3, -0.25) is 4.79 Å². The Bertz CT molecular complexity index is 474. The summed E-state index contributed by atoms with van der Waals surface area (Å²) >= 11 is 0. The third-order valence-electron chi connectivity index (χ3n) is 7.71. The standard InChI is InChI=1S/C32H65NO4/c1-3-5-7-9-11-13-14-15-16-17-19-20-22-24-26-30(35)32(37)29(28-34)33-31(36)27-25-23-21-18-12-10-8-6-4-2/h29-30,32,34-35,37H,3-28H2,1-2H3,(H,33,36)/t29-,30+,32-/m0/s1. The van der Waals surface area contributed by atoms with Crippen molar-refractivity contribution in [3.63, 3.8) is 0 Å². The number of aliphatic hydroxyl groups is 3. The Morgan fingerprint density at radius 1 is 0.568 bits per heavy atom. The molecule has 1 amide bonds. The van der Waals surface area contributed by atoms with Crippen LogP contribution in [0, 0.1) is 0 Å². The van der Waals surface area contributed by atoms with E-state index in [0.717, 1.165) is 32.1 Å². The molecule has 0 aliphatic carbocycles. The first-order valence-corrected chi connectivity index (χ1v) is 16.3. The Balaban J connectivity index is 3.70. The molecule has 37 heavy (non-hydrogen) atoms. The van der Waals surface area contributed by atoms with E-state index < -0.39 is 18.2 Å². The SMILES string of the molecule is CCCCCCCCCCCCCCCC[C@@H](O)[C@@H](O)[C@H](CO)NC(=O)CCCCCCCCCCC. The van der Waals surface area contributed by atoms with E-state index in [1.807, 2.05) is 0 Å². The minimum atomic E-state index is -1.13. The summed E-state index contributed by atoms with van der Waals surface area (Å²) in [6.07, 6.45) is 27.6. The van der Waals surface area contributed by atoms with E-state index >= 15 is 0 Å². The molecule has 0 fully saturated rings. The third-order valence-corrected chi connectivity index (χ3v) is 7.71. The highest BCUT2D eigenvalue weighted by molar-refractivity contribution is 5.76. The van der Waals surface area contributed by atoms with Gasteiger partial charge in [-0.1, -0.05) is 155 Å². The second kappa shape index (κ2) is 28.4. The molecule has 4 N–H and O–H groups in total. The van der Waals surface area contributed by atoms with E-state index in [0.29, 0.717) is 12.8 Å². The van der Waals surface area contributed by atoms with Gasteiger partial charge < -0.3 is 20.6 Å². The zero-order valence-corrected chi connectivity index (χ0v) is 24.9. The molecule has 5 heteroatoms. The van der Waals surface area contributed by atoms with Crippen molar-refractivity contribution < 1.29 is 20.1 Å². The quantitative estimate of drug-likeness (QED) is 0.0742. The van der Waals surface area contributed by atoms with Crippen LogP contribution in [0.5, 0.6) is 0 Å². The molecule has 3 atom stereocenters. The van der Waals surface area contributed by atoms with Crippen molar-refractivity contribution in [1.29, 1.82) is 0 Å². The van der Waals surface area contributed by atoms with Crippen LogP contribution < -0.4 is 5.32 Å². The molecule has 222 valence electrons. The molecule has 0 bridgehead atoms. The van der Waals surface area contributed by atoms with Gasteiger partial charge in [0.2, 0.25) is 5.91 Å². The molecule has 0 saturated carbocycles. The van der Waals surface area contributed by atoms with Crippen LogP contribution >= 0.6 is 0 Å². The Morgan fingerprint density at radius 2 is 0.919 bits per heavy atom. The van der Waals surface area contributed by atoms with Crippen LogP contribution in [0.15, 0.2) is 0 Å². The largest absolute Gasteiger partial charge is 0.394 e. The van der Waals surface area contributed by atoms with Gasteiger partial charge in [0, 0.05) is 6.42 Å². The highest BCUT2D eigenvalue weighted by Gasteiger charge is 2.26. The van der Waals surface area contributed by atoms with Crippen molar-refractivity contribution in [2.24, 2.45) is 0 Å². The lowest BCUT2D eigenvalue weighted by Gasteiger charge is -2.26. The maximum atomic E-state index is 12.2. The monoisotopic (exact) mass is 527 g/mol. The number of unbranched alkanes of at least 4 members (excludes halogenated alkanes) is 21. The Morgan fingerprint density at radius 3 is 1.30 bits per heavy atom. The van der Waals surface area contributed by atoms with Gasteiger partial charge in [-0.05, 0) is 12.8 Å². The van der Waals surface area contributed by atoms with Crippen LogP contribution in [0.2, 0.25) is 0 Å². The predicted molar refractivity (Wildman–Crippen MR) is 158 cm³/mol. The molecule has 0 saturated heterocycles. The van der Waals surface area contributed by atoms with Crippen LogP contribution in [0.4, 0.5) is 0 Å². The van der Waals surface area contributed by atoms with Crippen molar-refractivity contribution in [3.8, 4) is 0 Å². The van der Waals surface area contributed by atoms with Gasteiger partial charge in [-0.15, -0.1) is 0 Å². The van der Waals surface area contributed by atoms with Crippen molar-refractivity contribution >= 4 is 5.91 Å². The van der Waals surface area contributed by atoms with E-state index in [2.05, 4.69) is 19.2 Å². The van der Waals surface area contributed by atoms with E-state index in [-0.39, 0.29) is 12.5 Å². The summed E-state index contributed by atoms with van der Waals surface area (Å²) in [5, 5.41) is 33.2. The number of carbonyl (C=O) groups excluding carboxylic acids is 1. The molecule has 0 aromatic carbocycles. The molecule has 0 radical (unpaired) electrons. The normalized spacial score (nSPS) is 14.0. The average Bonchev–Trinajstić information content (AvgIpc) is 2.90. The number of nitrogens with one attached hydrogen (secondary N) is 1. The summed E-state index contributed by atoms with van der Waals surface area (Å²) in [7, 11) is 0. The number of hydrogen-bond acceptors (Lipinski definition) is 4. The van der Waals surface area contributed by atoms with Crippen molar-refractivity contribution in [2.45, 2.75) is 193 Å². The van der Waals surface area contributed by atoms with Crippen LogP contribution in [0.1, 0.15) is 174 Å². The highest BCUT2D eigenvalue weighted by atomic mass is 16.3. The van der Waals surface area contributed by atoms with Crippen LogP contribution in [0.25, 0.3) is 0 Å². The molecular weight excluding hydrogens is 462 g/mol. The number of carbonyl (C=O) groups is 1.